The van der Waals surface area contributed by atoms with Gasteiger partial charge in [-0.05, 0) is 30.5 Å². The van der Waals surface area contributed by atoms with Crippen molar-refractivity contribution in [1.29, 1.82) is 0 Å². The molecular formula is C18H21N3O2S. The maximum Gasteiger partial charge on any atom is 0.244 e. The summed E-state index contributed by atoms with van der Waals surface area (Å²) < 4.78 is 5.43. The van der Waals surface area contributed by atoms with Crippen LogP contribution in [0.4, 0.5) is 5.69 Å². The van der Waals surface area contributed by atoms with Crippen LogP contribution in [0.1, 0.15) is 11.4 Å². The van der Waals surface area contributed by atoms with Crippen LogP contribution in [0.2, 0.25) is 0 Å². The number of anilines is 1. The van der Waals surface area contributed by atoms with E-state index < -0.39 is 0 Å². The number of hydrogen-bond acceptors (Lipinski definition) is 5. The summed E-state index contributed by atoms with van der Waals surface area (Å²) in [6.45, 7) is 2.60. The molecule has 2 aromatic rings. The number of ether oxygens (including phenoxy) is 1. The van der Waals surface area contributed by atoms with E-state index in [9.17, 15) is 4.79 Å². The molecule has 1 aromatic carbocycles. The largest absolute Gasteiger partial charge is 0.495 e. The first-order valence-corrected chi connectivity index (χ1v) is 8.87. The van der Waals surface area contributed by atoms with E-state index in [-0.39, 0.29) is 5.91 Å². The normalized spacial score (nSPS) is 17.4. The number of thiazole rings is 1. The Bertz CT molecular complexity index is 700. The minimum absolute atomic E-state index is 0.0686. The average molecular weight is 343 g/mol. The zero-order valence-corrected chi connectivity index (χ0v) is 14.5. The molecule has 0 aliphatic carbocycles. The standard InChI is InChI=1S/C18H21N3O2S/c1-23-16-5-3-2-4-15(16)21-10-8-14(13-21)12-20-17(22)6-7-18-19-9-11-24-18/h2-7,9,11,14H,8,10,12-13H2,1H3,(H,20,22)/b7-6+/t14-/m0/s1. The monoisotopic (exact) mass is 343 g/mol. The van der Waals surface area contributed by atoms with Crippen molar-refractivity contribution < 1.29 is 9.53 Å². The van der Waals surface area contributed by atoms with Crippen molar-refractivity contribution >= 4 is 29.0 Å². The Labute approximate surface area is 146 Å². The van der Waals surface area contributed by atoms with Gasteiger partial charge in [-0.3, -0.25) is 4.79 Å². The maximum absolute atomic E-state index is 11.9. The summed E-state index contributed by atoms with van der Waals surface area (Å²) in [7, 11) is 1.70. The van der Waals surface area contributed by atoms with Crippen molar-refractivity contribution in [2.24, 2.45) is 5.92 Å². The summed E-state index contributed by atoms with van der Waals surface area (Å²) in [6, 6.07) is 8.06. The molecule has 126 valence electrons. The second-order valence-corrected chi connectivity index (χ2v) is 6.65. The smallest absolute Gasteiger partial charge is 0.244 e. The molecule has 5 nitrogen and oxygen atoms in total. The van der Waals surface area contributed by atoms with Crippen LogP contribution >= 0.6 is 11.3 Å². The minimum Gasteiger partial charge on any atom is -0.495 e. The van der Waals surface area contributed by atoms with Gasteiger partial charge in [0.15, 0.2) is 0 Å². The predicted octanol–water partition coefficient (Wildman–Crippen LogP) is 2.81. The van der Waals surface area contributed by atoms with Crippen molar-refractivity contribution in [2.45, 2.75) is 6.42 Å². The summed E-state index contributed by atoms with van der Waals surface area (Å²) in [4.78, 5) is 18.3. The van der Waals surface area contributed by atoms with Crippen molar-refractivity contribution in [3.8, 4) is 5.75 Å². The Morgan fingerprint density at radius 2 is 2.38 bits per heavy atom. The first-order chi connectivity index (χ1) is 11.8. The van der Waals surface area contributed by atoms with Crippen LogP contribution in [0.3, 0.4) is 0 Å². The van der Waals surface area contributed by atoms with Gasteiger partial charge in [0.05, 0.1) is 12.8 Å². The molecule has 1 aromatic heterocycles. The summed E-state index contributed by atoms with van der Waals surface area (Å²) in [5, 5.41) is 5.71. The van der Waals surface area contributed by atoms with Crippen molar-refractivity contribution in [3.63, 3.8) is 0 Å². The highest BCUT2D eigenvalue weighted by atomic mass is 32.1. The second-order valence-electron chi connectivity index (χ2n) is 5.72. The molecular weight excluding hydrogens is 322 g/mol. The molecule has 1 atom stereocenters. The fraction of sp³-hybridized carbons (Fsp3) is 0.333. The Morgan fingerprint density at radius 1 is 1.50 bits per heavy atom. The molecule has 1 N–H and O–H groups in total. The first-order valence-electron chi connectivity index (χ1n) is 7.99. The summed E-state index contributed by atoms with van der Waals surface area (Å²) >= 11 is 1.51. The number of benzene rings is 1. The van der Waals surface area contributed by atoms with Crippen LogP contribution in [0.5, 0.6) is 5.75 Å². The lowest BCUT2D eigenvalue weighted by molar-refractivity contribution is -0.116. The molecule has 0 saturated carbocycles. The molecule has 1 saturated heterocycles. The molecule has 1 amide bonds. The predicted molar refractivity (Wildman–Crippen MR) is 97.5 cm³/mol. The molecule has 24 heavy (non-hydrogen) atoms. The summed E-state index contributed by atoms with van der Waals surface area (Å²) in [5.41, 5.74) is 1.12. The average Bonchev–Trinajstić information content (AvgIpc) is 3.29. The fourth-order valence-corrected chi connectivity index (χ4v) is 3.41. The van der Waals surface area contributed by atoms with E-state index in [1.165, 1.54) is 11.3 Å². The number of para-hydroxylation sites is 2. The van der Waals surface area contributed by atoms with Gasteiger partial charge in [-0.15, -0.1) is 11.3 Å². The minimum atomic E-state index is -0.0686. The molecule has 2 heterocycles. The number of hydrogen-bond donors (Lipinski definition) is 1. The number of amides is 1. The Kier molecular flexibility index (Phi) is 5.48. The lowest BCUT2D eigenvalue weighted by atomic mass is 10.1. The molecule has 0 spiro atoms. The number of aromatic nitrogens is 1. The number of methoxy groups -OCH3 is 1. The van der Waals surface area contributed by atoms with E-state index in [1.807, 2.05) is 23.6 Å². The van der Waals surface area contributed by atoms with Crippen LogP contribution in [0, 0.1) is 5.92 Å². The van der Waals surface area contributed by atoms with Gasteiger partial charge in [-0.25, -0.2) is 4.98 Å². The Hall–Kier alpha value is -2.34. The molecule has 1 fully saturated rings. The van der Waals surface area contributed by atoms with Gasteiger partial charge in [-0.2, -0.15) is 0 Å². The SMILES string of the molecule is COc1ccccc1N1CC[C@@H](CNC(=O)/C=C/c2nccs2)C1. The molecule has 0 radical (unpaired) electrons. The number of carbonyl (C=O) groups excluding carboxylic acids is 1. The van der Waals surface area contributed by atoms with E-state index in [4.69, 9.17) is 4.74 Å². The molecule has 6 heteroatoms. The van der Waals surface area contributed by atoms with E-state index in [1.54, 1.807) is 25.5 Å². The number of nitrogens with one attached hydrogen (secondary N) is 1. The number of carbonyl (C=O) groups is 1. The van der Waals surface area contributed by atoms with Crippen LogP contribution in [-0.2, 0) is 4.79 Å². The number of nitrogens with zero attached hydrogens (tertiary/aromatic N) is 2. The Balaban J connectivity index is 1.49. The van der Waals surface area contributed by atoms with Gasteiger partial charge in [-0.1, -0.05) is 12.1 Å². The zero-order valence-electron chi connectivity index (χ0n) is 13.6. The maximum atomic E-state index is 11.9. The lowest BCUT2D eigenvalue weighted by Gasteiger charge is -2.21. The number of rotatable bonds is 6. The molecule has 1 aliphatic rings. The second kappa shape index (κ2) is 7.97. The van der Waals surface area contributed by atoms with Gasteiger partial charge in [0.25, 0.3) is 0 Å². The van der Waals surface area contributed by atoms with Crippen LogP contribution in [-0.4, -0.2) is 37.6 Å². The molecule has 3 rings (SSSR count). The molecule has 1 aliphatic heterocycles. The van der Waals surface area contributed by atoms with Crippen molar-refractivity contribution in [2.75, 3.05) is 31.6 Å². The highest BCUT2D eigenvalue weighted by molar-refractivity contribution is 7.10. The van der Waals surface area contributed by atoms with Gasteiger partial charge in [0.2, 0.25) is 5.91 Å². The summed E-state index contributed by atoms with van der Waals surface area (Å²) in [5.74, 6) is 1.28. The van der Waals surface area contributed by atoms with Gasteiger partial charge in [0.1, 0.15) is 10.8 Å². The quantitative estimate of drug-likeness (QED) is 0.820. The summed E-state index contributed by atoms with van der Waals surface area (Å²) in [6.07, 6.45) is 6.09. The van der Waals surface area contributed by atoms with Crippen LogP contribution in [0.15, 0.2) is 41.9 Å². The highest BCUT2D eigenvalue weighted by Gasteiger charge is 2.24. The molecule has 0 unspecified atom stereocenters. The Morgan fingerprint density at radius 3 is 3.17 bits per heavy atom. The van der Waals surface area contributed by atoms with E-state index in [0.29, 0.717) is 12.5 Å². The fourth-order valence-electron chi connectivity index (χ4n) is 2.88. The van der Waals surface area contributed by atoms with Crippen LogP contribution in [0.25, 0.3) is 6.08 Å². The van der Waals surface area contributed by atoms with Gasteiger partial charge in [0, 0.05) is 37.3 Å². The highest BCUT2D eigenvalue weighted by Crippen LogP contribution is 2.31. The van der Waals surface area contributed by atoms with E-state index in [0.717, 1.165) is 36.0 Å². The van der Waals surface area contributed by atoms with Gasteiger partial charge >= 0.3 is 0 Å². The zero-order chi connectivity index (χ0) is 16.8. The third kappa shape index (κ3) is 4.14. The van der Waals surface area contributed by atoms with Crippen molar-refractivity contribution in [3.05, 3.63) is 46.9 Å². The lowest BCUT2D eigenvalue weighted by Crippen LogP contribution is -2.29. The van der Waals surface area contributed by atoms with E-state index >= 15 is 0 Å². The van der Waals surface area contributed by atoms with Gasteiger partial charge < -0.3 is 15.0 Å². The topological polar surface area (TPSA) is 54.5 Å². The van der Waals surface area contributed by atoms with Crippen molar-refractivity contribution in [1.82, 2.24) is 10.3 Å². The molecule has 0 bridgehead atoms. The van der Waals surface area contributed by atoms with Crippen LogP contribution < -0.4 is 15.0 Å². The first kappa shape index (κ1) is 16.5. The third-order valence-electron chi connectivity index (χ3n) is 4.11. The van der Waals surface area contributed by atoms with E-state index in [2.05, 4.69) is 21.3 Å². The third-order valence-corrected chi connectivity index (χ3v) is 4.85.